The number of carbonyl (C=O) groups excluding carboxylic acids is 2. The van der Waals surface area contributed by atoms with Gasteiger partial charge < -0.3 is 10.2 Å². The molecule has 0 saturated heterocycles. The first-order chi connectivity index (χ1) is 11.5. The number of aryl methyl sites for hydroxylation is 1. The highest BCUT2D eigenvalue weighted by molar-refractivity contribution is 5.97. The number of anilines is 2. The number of carbonyl (C=O) groups is 2. The molecule has 2 aromatic rings. The zero-order valence-corrected chi connectivity index (χ0v) is 14.1. The Morgan fingerprint density at radius 3 is 2.62 bits per heavy atom. The lowest BCUT2D eigenvalue weighted by atomic mass is 9.89. The summed E-state index contributed by atoms with van der Waals surface area (Å²) in [5, 5.41) is 2.94. The van der Waals surface area contributed by atoms with Crippen molar-refractivity contribution in [2.24, 2.45) is 5.92 Å². The molecule has 2 amide bonds. The van der Waals surface area contributed by atoms with E-state index in [1.807, 2.05) is 55.5 Å². The van der Waals surface area contributed by atoms with Crippen LogP contribution in [0.4, 0.5) is 11.4 Å². The second-order valence-electron chi connectivity index (χ2n) is 6.37. The highest BCUT2D eigenvalue weighted by Gasteiger charge is 2.26. The van der Waals surface area contributed by atoms with Gasteiger partial charge in [-0.3, -0.25) is 9.59 Å². The maximum absolute atomic E-state index is 12.4. The van der Waals surface area contributed by atoms with Crippen LogP contribution >= 0.6 is 0 Å². The van der Waals surface area contributed by atoms with Gasteiger partial charge in [0.2, 0.25) is 11.8 Å². The minimum Gasteiger partial charge on any atom is -0.326 e. The average Bonchev–Trinajstić information content (AvgIpc) is 2.59. The predicted octanol–water partition coefficient (Wildman–Crippen LogP) is 3.55. The number of hydrogen-bond acceptors (Lipinski definition) is 2. The summed E-state index contributed by atoms with van der Waals surface area (Å²) in [5.41, 5.74) is 4.07. The topological polar surface area (TPSA) is 49.4 Å². The van der Waals surface area contributed by atoms with Crippen molar-refractivity contribution in [1.29, 1.82) is 0 Å². The van der Waals surface area contributed by atoms with Crippen molar-refractivity contribution >= 4 is 23.2 Å². The smallest absolute Gasteiger partial charge is 0.227 e. The number of benzene rings is 2. The van der Waals surface area contributed by atoms with E-state index in [0.29, 0.717) is 19.3 Å². The molecule has 4 heteroatoms. The van der Waals surface area contributed by atoms with Gasteiger partial charge in [0.05, 0.1) is 0 Å². The second kappa shape index (κ2) is 6.87. The van der Waals surface area contributed by atoms with E-state index < -0.39 is 0 Å². The number of fused-ring (bicyclic) bond motifs is 1. The molecule has 1 aliphatic heterocycles. The molecule has 1 unspecified atom stereocenters. The molecule has 3 rings (SSSR count). The summed E-state index contributed by atoms with van der Waals surface area (Å²) in [6, 6.07) is 15.7. The molecule has 4 nitrogen and oxygen atoms in total. The molecule has 0 radical (unpaired) electrons. The maximum atomic E-state index is 12.4. The van der Waals surface area contributed by atoms with E-state index in [1.54, 1.807) is 11.9 Å². The fourth-order valence-electron chi connectivity index (χ4n) is 3.02. The largest absolute Gasteiger partial charge is 0.326 e. The van der Waals surface area contributed by atoms with E-state index >= 15 is 0 Å². The van der Waals surface area contributed by atoms with E-state index in [9.17, 15) is 9.59 Å². The Kier molecular flexibility index (Phi) is 4.65. The number of para-hydroxylation sites is 1. The fourth-order valence-corrected chi connectivity index (χ4v) is 3.02. The normalized spacial score (nSPS) is 16.2. The first-order valence-electron chi connectivity index (χ1n) is 8.26. The third kappa shape index (κ3) is 3.48. The maximum Gasteiger partial charge on any atom is 0.227 e. The molecule has 1 N–H and O–H groups in total. The van der Waals surface area contributed by atoms with E-state index in [1.165, 1.54) is 0 Å². The van der Waals surface area contributed by atoms with Gasteiger partial charge in [-0.2, -0.15) is 0 Å². The minimum absolute atomic E-state index is 0.0134. The summed E-state index contributed by atoms with van der Waals surface area (Å²) >= 11 is 0. The standard InChI is InChI=1S/C20H22N2O2/c1-14-7-10-17(11-8-14)22(2)19(23)12-9-16-13-15-5-3-4-6-18(15)21-20(16)24/h3-8,10-11,16H,9,12-13H2,1-2H3,(H,21,24). The number of nitrogens with zero attached hydrogens (tertiary/aromatic N) is 1. The molecule has 24 heavy (non-hydrogen) atoms. The highest BCUT2D eigenvalue weighted by Crippen LogP contribution is 2.28. The summed E-state index contributed by atoms with van der Waals surface area (Å²) in [4.78, 5) is 26.3. The zero-order chi connectivity index (χ0) is 17.1. The van der Waals surface area contributed by atoms with Crippen LogP contribution in [-0.4, -0.2) is 18.9 Å². The quantitative estimate of drug-likeness (QED) is 0.936. The Morgan fingerprint density at radius 1 is 1.17 bits per heavy atom. The van der Waals surface area contributed by atoms with E-state index in [-0.39, 0.29) is 17.7 Å². The molecule has 124 valence electrons. The van der Waals surface area contributed by atoms with Crippen molar-refractivity contribution in [3.63, 3.8) is 0 Å². The van der Waals surface area contributed by atoms with E-state index in [2.05, 4.69) is 5.32 Å². The molecule has 0 spiro atoms. The summed E-state index contributed by atoms with van der Waals surface area (Å²) in [6.07, 6.45) is 1.63. The van der Waals surface area contributed by atoms with Crippen LogP contribution in [0.25, 0.3) is 0 Å². The first kappa shape index (κ1) is 16.2. The number of rotatable bonds is 4. The zero-order valence-electron chi connectivity index (χ0n) is 14.1. The average molecular weight is 322 g/mol. The SMILES string of the molecule is Cc1ccc(N(C)C(=O)CCC2Cc3ccccc3NC2=O)cc1. The summed E-state index contributed by atoms with van der Waals surface area (Å²) in [6.45, 7) is 2.02. The van der Waals surface area contributed by atoms with Crippen molar-refractivity contribution in [1.82, 2.24) is 0 Å². The van der Waals surface area contributed by atoms with Crippen molar-refractivity contribution < 1.29 is 9.59 Å². The molecule has 0 bridgehead atoms. The summed E-state index contributed by atoms with van der Waals surface area (Å²) in [5.74, 6) is -0.0970. The van der Waals surface area contributed by atoms with E-state index in [0.717, 1.165) is 22.5 Å². The Morgan fingerprint density at radius 2 is 1.88 bits per heavy atom. The molecular weight excluding hydrogens is 300 g/mol. The molecular formula is C20H22N2O2. The third-order valence-corrected chi connectivity index (χ3v) is 4.61. The van der Waals surface area contributed by atoms with Crippen LogP contribution in [-0.2, 0) is 16.0 Å². The van der Waals surface area contributed by atoms with Crippen LogP contribution < -0.4 is 10.2 Å². The van der Waals surface area contributed by atoms with Crippen LogP contribution in [0.2, 0.25) is 0 Å². The van der Waals surface area contributed by atoms with Gasteiger partial charge >= 0.3 is 0 Å². The number of hydrogen-bond donors (Lipinski definition) is 1. The second-order valence-corrected chi connectivity index (χ2v) is 6.37. The summed E-state index contributed by atoms with van der Waals surface area (Å²) in [7, 11) is 1.78. The number of nitrogens with one attached hydrogen (secondary N) is 1. The van der Waals surface area contributed by atoms with Crippen molar-refractivity contribution in [2.75, 3.05) is 17.3 Å². The van der Waals surface area contributed by atoms with Gasteiger partial charge in [0, 0.05) is 30.8 Å². The molecule has 2 aromatic carbocycles. The van der Waals surface area contributed by atoms with Crippen molar-refractivity contribution in [3.8, 4) is 0 Å². The lowest BCUT2D eigenvalue weighted by Gasteiger charge is -2.25. The third-order valence-electron chi connectivity index (χ3n) is 4.61. The summed E-state index contributed by atoms with van der Waals surface area (Å²) < 4.78 is 0. The monoisotopic (exact) mass is 322 g/mol. The Labute approximate surface area is 142 Å². The fraction of sp³-hybridized carbons (Fsp3) is 0.300. The van der Waals surface area contributed by atoms with Gasteiger partial charge in [-0.05, 0) is 43.5 Å². The van der Waals surface area contributed by atoms with Crippen molar-refractivity contribution in [2.45, 2.75) is 26.2 Å². The molecule has 0 aliphatic carbocycles. The molecule has 0 saturated carbocycles. The van der Waals surface area contributed by atoms with Crippen LogP contribution in [0, 0.1) is 12.8 Å². The lowest BCUT2D eigenvalue weighted by Crippen LogP contribution is -2.32. The van der Waals surface area contributed by atoms with Crippen LogP contribution in [0.15, 0.2) is 48.5 Å². The van der Waals surface area contributed by atoms with Crippen molar-refractivity contribution in [3.05, 3.63) is 59.7 Å². The molecule has 1 heterocycles. The Balaban J connectivity index is 1.60. The lowest BCUT2D eigenvalue weighted by molar-refractivity contribution is -0.121. The van der Waals surface area contributed by atoms with Crippen LogP contribution in [0.3, 0.4) is 0 Å². The van der Waals surface area contributed by atoms with Gasteiger partial charge in [0.1, 0.15) is 0 Å². The van der Waals surface area contributed by atoms with E-state index in [4.69, 9.17) is 0 Å². The first-order valence-corrected chi connectivity index (χ1v) is 8.26. The van der Waals surface area contributed by atoms with Gasteiger partial charge in [-0.1, -0.05) is 35.9 Å². The Bertz CT molecular complexity index is 752. The molecule has 0 aromatic heterocycles. The molecule has 1 atom stereocenters. The van der Waals surface area contributed by atoms with Crippen LogP contribution in [0.5, 0.6) is 0 Å². The predicted molar refractivity (Wildman–Crippen MR) is 96.1 cm³/mol. The van der Waals surface area contributed by atoms with Gasteiger partial charge in [0.15, 0.2) is 0 Å². The number of amides is 2. The molecule has 0 fully saturated rings. The van der Waals surface area contributed by atoms with Gasteiger partial charge in [-0.15, -0.1) is 0 Å². The highest BCUT2D eigenvalue weighted by atomic mass is 16.2. The minimum atomic E-state index is -0.143. The van der Waals surface area contributed by atoms with Gasteiger partial charge in [-0.25, -0.2) is 0 Å². The molecule has 1 aliphatic rings. The van der Waals surface area contributed by atoms with Crippen LogP contribution in [0.1, 0.15) is 24.0 Å². The van der Waals surface area contributed by atoms with Gasteiger partial charge in [0.25, 0.3) is 0 Å². The Hall–Kier alpha value is -2.62.